The molecule has 0 aliphatic heterocycles. The van der Waals surface area contributed by atoms with Crippen LogP contribution in [0.2, 0.25) is 0 Å². The van der Waals surface area contributed by atoms with Gasteiger partial charge in [0.15, 0.2) is 5.96 Å². The van der Waals surface area contributed by atoms with Gasteiger partial charge in [-0.25, -0.2) is 9.38 Å². The summed E-state index contributed by atoms with van der Waals surface area (Å²) in [4.78, 5) is 6.24. The molecule has 134 valence electrons. The number of rotatable bonds is 6. The third-order valence-corrected chi connectivity index (χ3v) is 3.86. The molecule has 0 unspecified atom stereocenters. The zero-order valence-corrected chi connectivity index (χ0v) is 15.4. The number of hydrogen-bond donors (Lipinski definition) is 2. The third-order valence-electron chi connectivity index (χ3n) is 3.86. The first-order valence-corrected chi connectivity index (χ1v) is 8.44. The van der Waals surface area contributed by atoms with Crippen LogP contribution in [0.15, 0.2) is 47.5 Å². The normalized spacial score (nSPS) is 12.0. The zero-order valence-electron chi connectivity index (χ0n) is 15.4. The van der Waals surface area contributed by atoms with Crippen molar-refractivity contribution in [1.29, 1.82) is 0 Å². The van der Waals surface area contributed by atoms with E-state index in [0.29, 0.717) is 30.5 Å². The van der Waals surface area contributed by atoms with E-state index >= 15 is 0 Å². The van der Waals surface area contributed by atoms with Crippen molar-refractivity contribution in [2.75, 3.05) is 19.4 Å². The molecule has 2 aromatic carbocycles. The van der Waals surface area contributed by atoms with Crippen LogP contribution < -0.4 is 11.1 Å². The van der Waals surface area contributed by atoms with Crippen LogP contribution >= 0.6 is 0 Å². The van der Waals surface area contributed by atoms with Crippen molar-refractivity contribution in [3.63, 3.8) is 0 Å². The van der Waals surface area contributed by atoms with Crippen LogP contribution in [0.25, 0.3) is 0 Å². The van der Waals surface area contributed by atoms with Crippen LogP contribution in [0, 0.1) is 5.82 Å². The molecule has 2 rings (SSSR count). The van der Waals surface area contributed by atoms with Crippen LogP contribution in [0.4, 0.5) is 10.1 Å². The molecule has 0 spiro atoms. The standard InChI is InChI=1S/C20H27FN4/c1-14(2)16-6-5-7-18(11-16)24-20(22)23-12-15-8-9-17(13-25(3)4)19(21)10-15/h5-11,14H,12-13H2,1-4H3,(H3,22,23,24). The number of aliphatic imine (C=N–C) groups is 1. The lowest BCUT2D eigenvalue weighted by atomic mass is 10.0. The van der Waals surface area contributed by atoms with Crippen molar-refractivity contribution in [2.24, 2.45) is 10.7 Å². The number of halogens is 1. The van der Waals surface area contributed by atoms with Crippen molar-refractivity contribution < 1.29 is 4.39 Å². The number of benzene rings is 2. The van der Waals surface area contributed by atoms with E-state index in [9.17, 15) is 4.39 Å². The van der Waals surface area contributed by atoms with Crippen molar-refractivity contribution in [2.45, 2.75) is 32.9 Å². The highest BCUT2D eigenvalue weighted by molar-refractivity contribution is 5.92. The van der Waals surface area contributed by atoms with Gasteiger partial charge in [-0.3, -0.25) is 0 Å². The Labute approximate surface area is 149 Å². The highest BCUT2D eigenvalue weighted by Crippen LogP contribution is 2.18. The maximum atomic E-state index is 14.1. The predicted molar refractivity (Wildman–Crippen MR) is 103 cm³/mol. The molecule has 0 atom stereocenters. The molecule has 2 aromatic rings. The molecule has 0 bridgehead atoms. The topological polar surface area (TPSA) is 53.6 Å². The van der Waals surface area contributed by atoms with Crippen molar-refractivity contribution >= 4 is 11.6 Å². The summed E-state index contributed by atoms with van der Waals surface area (Å²) < 4.78 is 14.1. The fourth-order valence-electron chi connectivity index (χ4n) is 2.50. The summed E-state index contributed by atoms with van der Waals surface area (Å²) in [7, 11) is 3.83. The quantitative estimate of drug-likeness (QED) is 0.618. The summed E-state index contributed by atoms with van der Waals surface area (Å²) in [6, 6.07) is 13.3. The van der Waals surface area contributed by atoms with Gasteiger partial charge in [-0.05, 0) is 49.3 Å². The summed E-state index contributed by atoms with van der Waals surface area (Å²) in [5.74, 6) is 0.555. The second-order valence-corrected chi connectivity index (χ2v) is 6.77. The first kappa shape index (κ1) is 18.9. The Balaban J connectivity index is 2.01. The second kappa shape index (κ2) is 8.62. The van der Waals surface area contributed by atoms with Crippen LogP contribution in [0.3, 0.4) is 0 Å². The highest BCUT2D eigenvalue weighted by Gasteiger charge is 2.05. The molecule has 0 saturated carbocycles. The van der Waals surface area contributed by atoms with Crippen molar-refractivity contribution in [1.82, 2.24) is 4.90 Å². The maximum absolute atomic E-state index is 14.1. The molecule has 0 heterocycles. The molecule has 25 heavy (non-hydrogen) atoms. The van der Waals surface area contributed by atoms with E-state index in [1.807, 2.05) is 37.2 Å². The summed E-state index contributed by atoms with van der Waals surface area (Å²) in [6.45, 7) is 5.20. The monoisotopic (exact) mass is 342 g/mol. The maximum Gasteiger partial charge on any atom is 0.193 e. The fourth-order valence-corrected chi connectivity index (χ4v) is 2.50. The minimum absolute atomic E-state index is 0.211. The van der Waals surface area contributed by atoms with E-state index in [1.54, 1.807) is 6.07 Å². The number of nitrogens with two attached hydrogens (primary N) is 1. The molecule has 0 aromatic heterocycles. The lowest BCUT2D eigenvalue weighted by Crippen LogP contribution is -2.22. The smallest absolute Gasteiger partial charge is 0.193 e. The van der Waals surface area contributed by atoms with E-state index in [4.69, 9.17) is 5.73 Å². The Hall–Kier alpha value is -2.40. The molecule has 0 fully saturated rings. The minimum atomic E-state index is -0.211. The van der Waals surface area contributed by atoms with Gasteiger partial charge in [0.05, 0.1) is 6.54 Å². The predicted octanol–water partition coefficient (Wildman–Crippen LogP) is 3.94. The van der Waals surface area contributed by atoms with Gasteiger partial charge in [0.1, 0.15) is 5.82 Å². The van der Waals surface area contributed by atoms with E-state index < -0.39 is 0 Å². The lowest BCUT2D eigenvalue weighted by Gasteiger charge is -2.11. The van der Waals surface area contributed by atoms with E-state index in [1.165, 1.54) is 11.6 Å². The Bertz CT molecular complexity index is 738. The minimum Gasteiger partial charge on any atom is -0.370 e. The molecule has 0 aliphatic rings. The van der Waals surface area contributed by atoms with Crippen molar-refractivity contribution in [3.8, 4) is 0 Å². The number of guanidine groups is 1. The van der Waals surface area contributed by atoms with Gasteiger partial charge < -0.3 is 16.0 Å². The average Bonchev–Trinajstić information content (AvgIpc) is 2.55. The van der Waals surface area contributed by atoms with Crippen LogP contribution in [-0.2, 0) is 13.1 Å². The van der Waals surface area contributed by atoms with E-state index in [-0.39, 0.29) is 5.82 Å². The third kappa shape index (κ3) is 5.87. The van der Waals surface area contributed by atoms with Crippen LogP contribution in [-0.4, -0.2) is 25.0 Å². The van der Waals surface area contributed by atoms with Crippen molar-refractivity contribution in [3.05, 3.63) is 65.0 Å². The van der Waals surface area contributed by atoms with Crippen LogP contribution in [0.1, 0.15) is 36.5 Å². The molecular weight excluding hydrogens is 315 g/mol. The number of nitrogens with zero attached hydrogens (tertiary/aromatic N) is 2. The number of anilines is 1. The Morgan fingerprint density at radius 3 is 2.60 bits per heavy atom. The molecule has 0 aliphatic carbocycles. The van der Waals surface area contributed by atoms with Gasteiger partial charge in [0.25, 0.3) is 0 Å². The van der Waals surface area contributed by atoms with Crippen LogP contribution in [0.5, 0.6) is 0 Å². The summed E-state index contributed by atoms with van der Waals surface area (Å²) in [5, 5.41) is 3.09. The van der Waals surface area contributed by atoms with Gasteiger partial charge in [-0.15, -0.1) is 0 Å². The average molecular weight is 342 g/mol. The summed E-state index contributed by atoms with van der Waals surface area (Å²) in [5.41, 5.74) is 9.56. The Morgan fingerprint density at radius 1 is 1.20 bits per heavy atom. The Morgan fingerprint density at radius 2 is 1.96 bits per heavy atom. The number of hydrogen-bond acceptors (Lipinski definition) is 2. The van der Waals surface area contributed by atoms with Gasteiger partial charge in [-0.2, -0.15) is 0 Å². The van der Waals surface area contributed by atoms with E-state index in [0.717, 1.165) is 11.3 Å². The molecule has 0 saturated heterocycles. The number of nitrogens with one attached hydrogen (secondary N) is 1. The van der Waals surface area contributed by atoms with Gasteiger partial charge in [0, 0.05) is 17.8 Å². The van der Waals surface area contributed by atoms with E-state index in [2.05, 4.69) is 36.3 Å². The molecule has 5 heteroatoms. The second-order valence-electron chi connectivity index (χ2n) is 6.77. The summed E-state index contributed by atoms with van der Waals surface area (Å²) in [6.07, 6.45) is 0. The zero-order chi connectivity index (χ0) is 18.4. The summed E-state index contributed by atoms with van der Waals surface area (Å²) >= 11 is 0. The van der Waals surface area contributed by atoms with Gasteiger partial charge in [-0.1, -0.05) is 38.1 Å². The first-order chi connectivity index (χ1) is 11.8. The van der Waals surface area contributed by atoms with Gasteiger partial charge in [0.2, 0.25) is 0 Å². The molecular formula is C20H27FN4. The SMILES string of the molecule is CC(C)c1cccc(NC(N)=NCc2ccc(CN(C)C)c(F)c2)c1. The largest absolute Gasteiger partial charge is 0.370 e. The first-order valence-electron chi connectivity index (χ1n) is 8.44. The molecule has 0 radical (unpaired) electrons. The molecule has 3 N–H and O–H groups in total. The highest BCUT2D eigenvalue weighted by atomic mass is 19.1. The molecule has 4 nitrogen and oxygen atoms in total. The molecule has 0 amide bonds. The fraction of sp³-hybridized carbons (Fsp3) is 0.350. The van der Waals surface area contributed by atoms with Gasteiger partial charge >= 0.3 is 0 Å². The Kier molecular flexibility index (Phi) is 6.53. The lowest BCUT2D eigenvalue weighted by molar-refractivity contribution is 0.392.